The zero-order valence-electron chi connectivity index (χ0n) is 18.3. The minimum absolute atomic E-state index is 0.0274. The molecule has 1 aliphatic heterocycles. The van der Waals surface area contributed by atoms with Crippen LogP contribution in [0, 0.1) is 0 Å². The summed E-state index contributed by atoms with van der Waals surface area (Å²) in [6.07, 6.45) is -0.461. The number of carboxylic acids is 1. The molecule has 2 aromatic carbocycles. The highest BCUT2D eigenvalue weighted by Crippen LogP contribution is 2.31. The number of amides is 1. The predicted molar refractivity (Wildman–Crippen MR) is 110 cm³/mol. The van der Waals surface area contributed by atoms with Crippen LogP contribution >= 0.6 is 11.6 Å². The normalized spacial score (nSPS) is 17.3. The van der Waals surface area contributed by atoms with Crippen molar-refractivity contribution in [2.24, 2.45) is 9.98 Å². The lowest BCUT2D eigenvalue weighted by Gasteiger charge is -2.15. The molecule has 0 spiro atoms. The van der Waals surface area contributed by atoms with E-state index >= 15 is 0 Å². The Hall–Kier alpha value is -3.39. The standard InChI is InChI=1S/C20H19ClN4O4/c1-11(26)24-25-20-17(10-18(27)28)22-19(12-3-5-13(21)6-4-12)15-9-14(29-2)7-8-16(15)23-20/h3-9,17H,10H2,1-2H3,(H,23,25)(H,24,26)(H,27,28)/t17-/m0/s1/i1D3. The summed E-state index contributed by atoms with van der Waals surface area (Å²) < 4.78 is 26.8. The number of carboxylic acid groups (broad SMARTS) is 1. The van der Waals surface area contributed by atoms with Crippen LogP contribution in [0.4, 0.5) is 5.69 Å². The maximum atomic E-state index is 11.8. The van der Waals surface area contributed by atoms with Gasteiger partial charge in [0.05, 0.1) is 24.9 Å². The Balaban J connectivity index is 2.13. The zero-order chi connectivity index (χ0) is 23.5. The molecule has 0 fully saturated rings. The number of carbonyl (C=O) groups is 2. The summed E-state index contributed by atoms with van der Waals surface area (Å²) in [5.41, 5.74) is 6.55. The summed E-state index contributed by atoms with van der Waals surface area (Å²) in [4.78, 5) is 32.4. The van der Waals surface area contributed by atoms with Gasteiger partial charge in [-0.25, -0.2) is 4.99 Å². The number of amidine groups is 1. The third kappa shape index (κ3) is 4.91. The van der Waals surface area contributed by atoms with E-state index in [-0.39, 0.29) is 5.84 Å². The van der Waals surface area contributed by atoms with Gasteiger partial charge in [0.2, 0.25) is 5.91 Å². The average Bonchev–Trinajstić information content (AvgIpc) is 2.88. The van der Waals surface area contributed by atoms with Crippen LogP contribution in [-0.2, 0) is 9.59 Å². The van der Waals surface area contributed by atoms with Crippen LogP contribution in [0.25, 0.3) is 0 Å². The minimum atomic E-state index is -2.90. The second kappa shape index (κ2) is 8.74. The summed E-state index contributed by atoms with van der Waals surface area (Å²) >= 11 is 6.00. The third-order valence-corrected chi connectivity index (χ3v) is 4.34. The average molecular weight is 418 g/mol. The lowest BCUT2D eigenvalue weighted by atomic mass is 10.00. The lowest BCUT2D eigenvalue weighted by molar-refractivity contribution is -0.137. The quantitative estimate of drug-likeness (QED) is 0.662. The highest BCUT2D eigenvalue weighted by atomic mass is 35.5. The van der Waals surface area contributed by atoms with Gasteiger partial charge in [-0.15, -0.1) is 0 Å². The number of halogens is 1. The van der Waals surface area contributed by atoms with Crippen LogP contribution in [0.1, 0.15) is 28.5 Å². The molecule has 0 unspecified atom stereocenters. The number of nitrogens with zero attached hydrogens (tertiary/aromatic N) is 2. The van der Waals surface area contributed by atoms with Crippen LogP contribution in [0.15, 0.2) is 52.4 Å². The lowest BCUT2D eigenvalue weighted by Crippen LogP contribution is -2.45. The van der Waals surface area contributed by atoms with E-state index in [0.717, 1.165) is 0 Å². The highest BCUT2D eigenvalue weighted by molar-refractivity contribution is 6.30. The van der Waals surface area contributed by atoms with Gasteiger partial charge < -0.3 is 9.84 Å². The first-order chi connectivity index (χ1) is 15.1. The molecule has 8 nitrogen and oxygen atoms in total. The number of aliphatic imine (C=N–C) groups is 2. The van der Waals surface area contributed by atoms with E-state index in [1.165, 1.54) is 7.11 Å². The number of aliphatic carboxylic acids is 1. The van der Waals surface area contributed by atoms with Crippen molar-refractivity contribution in [3.05, 3.63) is 58.6 Å². The second-order valence-corrected chi connectivity index (χ2v) is 6.49. The maximum absolute atomic E-state index is 11.8. The van der Waals surface area contributed by atoms with Gasteiger partial charge in [-0.3, -0.25) is 25.4 Å². The summed E-state index contributed by atoms with van der Waals surface area (Å²) in [6, 6.07) is 10.8. The fourth-order valence-electron chi connectivity index (χ4n) is 2.80. The van der Waals surface area contributed by atoms with E-state index in [2.05, 4.69) is 20.8 Å². The van der Waals surface area contributed by atoms with E-state index in [0.29, 0.717) is 33.3 Å². The SMILES string of the molecule is [2H]C([2H])([2H])C(=O)NNC1=Nc2ccc(OC)cc2C(c2ccc(Cl)cc2)=N[C@H]1CC(=O)O. The van der Waals surface area contributed by atoms with Crippen LogP contribution in [-0.4, -0.2) is 41.7 Å². The van der Waals surface area contributed by atoms with Gasteiger partial charge in [0, 0.05) is 27.1 Å². The molecule has 0 bridgehead atoms. The Labute approximate surface area is 176 Å². The van der Waals surface area contributed by atoms with Gasteiger partial charge in [-0.05, 0) is 30.3 Å². The zero-order valence-corrected chi connectivity index (χ0v) is 16.0. The molecule has 3 N–H and O–H groups in total. The fraction of sp³-hybridized carbons (Fsp3) is 0.200. The molecular formula is C20H19ClN4O4. The van der Waals surface area contributed by atoms with Crippen LogP contribution in [0.5, 0.6) is 5.75 Å². The maximum Gasteiger partial charge on any atom is 0.306 e. The molecule has 1 aliphatic rings. The minimum Gasteiger partial charge on any atom is -0.497 e. The number of hydrogen-bond donors (Lipinski definition) is 3. The molecule has 0 saturated carbocycles. The molecule has 0 aliphatic carbocycles. The van der Waals surface area contributed by atoms with E-state index in [4.69, 9.17) is 20.5 Å². The van der Waals surface area contributed by atoms with Crippen molar-refractivity contribution in [1.29, 1.82) is 0 Å². The van der Waals surface area contributed by atoms with Crippen molar-refractivity contribution >= 4 is 40.7 Å². The predicted octanol–water partition coefficient (Wildman–Crippen LogP) is 2.71. The van der Waals surface area contributed by atoms with Gasteiger partial charge in [0.25, 0.3) is 0 Å². The fourth-order valence-corrected chi connectivity index (χ4v) is 2.92. The van der Waals surface area contributed by atoms with Gasteiger partial charge in [-0.1, -0.05) is 23.7 Å². The second-order valence-electron chi connectivity index (χ2n) is 6.06. The van der Waals surface area contributed by atoms with Crippen LogP contribution < -0.4 is 15.6 Å². The molecule has 9 heteroatoms. The summed E-state index contributed by atoms with van der Waals surface area (Å²) in [5, 5.41) is 9.92. The van der Waals surface area contributed by atoms with Gasteiger partial charge in [0.15, 0.2) is 0 Å². The molecule has 0 aromatic heterocycles. The Morgan fingerprint density at radius 2 is 2.03 bits per heavy atom. The molecule has 1 heterocycles. The third-order valence-electron chi connectivity index (χ3n) is 4.09. The van der Waals surface area contributed by atoms with Crippen LogP contribution in [0.3, 0.4) is 0 Å². The molecule has 2 aromatic rings. The number of hydrogen-bond acceptors (Lipinski definition) is 6. The van der Waals surface area contributed by atoms with E-state index < -0.39 is 31.2 Å². The monoisotopic (exact) mass is 417 g/mol. The Kier molecular flexibility index (Phi) is 4.99. The Morgan fingerprint density at radius 3 is 2.69 bits per heavy atom. The molecule has 1 atom stereocenters. The summed E-state index contributed by atoms with van der Waals surface area (Å²) in [5.74, 6) is -1.92. The topological polar surface area (TPSA) is 112 Å². The molecule has 150 valence electrons. The number of benzene rings is 2. The van der Waals surface area contributed by atoms with E-state index in [1.54, 1.807) is 42.5 Å². The van der Waals surface area contributed by atoms with Crippen molar-refractivity contribution in [2.75, 3.05) is 7.11 Å². The number of fused-ring (bicyclic) bond motifs is 1. The summed E-state index contributed by atoms with van der Waals surface area (Å²) in [6.45, 7) is -2.90. The number of hydrazine groups is 1. The Morgan fingerprint density at radius 1 is 1.28 bits per heavy atom. The number of nitrogens with one attached hydrogen (secondary N) is 2. The summed E-state index contributed by atoms with van der Waals surface area (Å²) in [7, 11) is 1.51. The molecule has 1 amide bonds. The van der Waals surface area contributed by atoms with Crippen molar-refractivity contribution in [2.45, 2.75) is 19.3 Å². The van der Waals surface area contributed by atoms with Gasteiger partial charge >= 0.3 is 5.97 Å². The molecule has 0 saturated heterocycles. The van der Waals surface area contributed by atoms with Crippen molar-refractivity contribution < 1.29 is 23.5 Å². The van der Waals surface area contributed by atoms with Crippen molar-refractivity contribution in [1.82, 2.24) is 10.9 Å². The van der Waals surface area contributed by atoms with Crippen molar-refractivity contribution in [3.8, 4) is 5.75 Å². The first-order valence-electron chi connectivity index (χ1n) is 9.97. The molecule has 0 radical (unpaired) electrons. The van der Waals surface area contributed by atoms with E-state index in [1.807, 2.05) is 0 Å². The molecular weight excluding hydrogens is 396 g/mol. The largest absolute Gasteiger partial charge is 0.497 e. The van der Waals surface area contributed by atoms with Crippen LogP contribution in [0.2, 0.25) is 5.02 Å². The Bertz CT molecular complexity index is 1100. The van der Waals surface area contributed by atoms with Gasteiger partial charge in [0.1, 0.15) is 17.6 Å². The first kappa shape index (κ1) is 16.6. The number of carbonyl (C=O) groups excluding carboxylic acids is 1. The first-order valence-corrected chi connectivity index (χ1v) is 8.85. The van der Waals surface area contributed by atoms with Gasteiger partial charge in [-0.2, -0.15) is 0 Å². The number of methoxy groups -OCH3 is 1. The number of ether oxygens (including phenoxy) is 1. The smallest absolute Gasteiger partial charge is 0.306 e. The van der Waals surface area contributed by atoms with Crippen molar-refractivity contribution in [3.63, 3.8) is 0 Å². The van der Waals surface area contributed by atoms with E-state index in [9.17, 15) is 14.7 Å². The number of rotatable bonds is 4. The molecule has 3 rings (SSSR count). The highest BCUT2D eigenvalue weighted by Gasteiger charge is 2.26. The molecule has 29 heavy (non-hydrogen) atoms.